The van der Waals surface area contributed by atoms with Gasteiger partial charge in [-0.15, -0.1) is 0 Å². The lowest BCUT2D eigenvalue weighted by molar-refractivity contribution is 0.299. The number of fused-ring (bicyclic) bond motifs is 1. The molecule has 3 nitrogen and oxygen atoms in total. The lowest BCUT2D eigenvalue weighted by atomic mass is 10.1. The summed E-state index contributed by atoms with van der Waals surface area (Å²) in [5, 5.41) is 1.29. The van der Waals surface area contributed by atoms with Crippen molar-refractivity contribution in [3.8, 4) is 0 Å². The quantitative estimate of drug-likeness (QED) is 0.819. The first kappa shape index (κ1) is 14.7. The zero-order valence-corrected chi connectivity index (χ0v) is 12.1. The fourth-order valence-electron chi connectivity index (χ4n) is 1.94. The third kappa shape index (κ3) is 3.12. The second kappa shape index (κ2) is 6.57. The molecule has 0 spiro atoms. The van der Waals surface area contributed by atoms with E-state index in [0.29, 0.717) is 0 Å². The summed E-state index contributed by atoms with van der Waals surface area (Å²) in [6.07, 6.45) is 3.01. The van der Waals surface area contributed by atoms with Gasteiger partial charge >= 0.3 is 0 Å². The Balaban J connectivity index is 0.000000771. The number of hydrogen-bond acceptors (Lipinski definition) is 2. The maximum absolute atomic E-state index is 6.05. The molecule has 0 radical (unpaired) electrons. The summed E-state index contributed by atoms with van der Waals surface area (Å²) in [6, 6.07) is 6.36. The largest absolute Gasteiger partial charge is 0.361 e. The lowest BCUT2D eigenvalue weighted by Crippen LogP contribution is -2.38. The van der Waals surface area contributed by atoms with Crippen LogP contribution in [0.25, 0.3) is 10.9 Å². The Morgan fingerprint density at radius 1 is 1.28 bits per heavy atom. The molecule has 0 aliphatic rings. The van der Waals surface area contributed by atoms with Crippen molar-refractivity contribution in [1.82, 2.24) is 9.88 Å². The molecule has 3 N–H and O–H groups in total. The predicted octanol–water partition coefficient (Wildman–Crippen LogP) is 2.89. The van der Waals surface area contributed by atoms with E-state index in [9.17, 15) is 0 Å². The molecular formula is C15H25N3. The van der Waals surface area contributed by atoms with Gasteiger partial charge in [-0.1, -0.05) is 32.0 Å². The van der Waals surface area contributed by atoms with Crippen molar-refractivity contribution in [2.75, 3.05) is 14.1 Å². The molecule has 18 heavy (non-hydrogen) atoms. The van der Waals surface area contributed by atoms with E-state index < -0.39 is 0 Å². The highest BCUT2D eigenvalue weighted by Crippen LogP contribution is 2.22. The molecule has 1 heterocycles. The monoisotopic (exact) mass is 247 g/mol. The minimum absolute atomic E-state index is 0.0690. The zero-order chi connectivity index (χ0) is 13.7. The topological polar surface area (TPSA) is 45.0 Å². The smallest absolute Gasteiger partial charge is 0.0608 e. The molecule has 2 rings (SSSR count). The van der Waals surface area contributed by atoms with Crippen molar-refractivity contribution in [2.24, 2.45) is 5.73 Å². The molecule has 0 saturated carbocycles. The molecule has 1 aromatic carbocycles. The first-order valence-electron chi connectivity index (χ1n) is 6.57. The van der Waals surface area contributed by atoms with Crippen molar-refractivity contribution >= 4 is 10.9 Å². The van der Waals surface area contributed by atoms with E-state index in [4.69, 9.17) is 5.73 Å². The molecule has 0 bridgehead atoms. The minimum Gasteiger partial charge on any atom is -0.361 e. The number of nitrogens with zero attached hydrogens (tertiary/aromatic N) is 1. The predicted molar refractivity (Wildman–Crippen MR) is 79.8 cm³/mol. The van der Waals surface area contributed by atoms with Gasteiger partial charge in [0.25, 0.3) is 0 Å². The Kier molecular flexibility index (Phi) is 5.38. The Bertz CT molecular complexity index is 485. The van der Waals surface area contributed by atoms with E-state index in [2.05, 4.69) is 36.3 Å². The average Bonchev–Trinajstić information content (AvgIpc) is 2.76. The van der Waals surface area contributed by atoms with Crippen LogP contribution in [0.2, 0.25) is 0 Å². The number of aromatic nitrogens is 1. The molecule has 3 heteroatoms. The van der Waals surface area contributed by atoms with Crippen LogP contribution in [0.15, 0.2) is 24.4 Å². The number of H-pyrrole nitrogens is 1. The molecule has 0 aliphatic carbocycles. The van der Waals surface area contributed by atoms with Gasteiger partial charge in [-0.05, 0) is 32.1 Å². The number of nitrogens with one attached hydrogen (secondary N) is 1. The van der Waals surface area contributed by atoms with Crippen LogP contribution in [-0.4, -0.2) is 30.1 Å². The van der Waals surface area contributed by atoms with Gasteiger partial charge in [0.05, 0.1) is 6.17 Å². The summed E-state index contributed by atoms with van der Waals surface area (Å²) in [6.45, 7) is 6.12. The normalized spacial score (nSPS) is 12.4. The second-order valence-corrected chi connectivity index (χ2v) is 4.55. The third-order valence-electron chi connectivity index (χ3n) is 3.10. The van der Waals surface area contributed by atoms with Crippen molar-refractivity contribution < 1.29 is 0 Å². The van der Waals surface area contributed by atoms with Crippen LogP contribution >= 0.6 is 0 Å². The van der Waals surface area contributed by atoms with Gasteiger partial charge in [-0.25, -0.2) is 0 Å². The van der Waals surface area contributed by atoms with E-state index in [1.54, 1.807) is 0 Å². The zero-order valence-electron chi connectivity index (χ0n) is 12.1. The summed E-state index contributed by atoms with van der Waals surface area (Å²) in [7, 11) is 4.01. The Morgan fingerprint density at radius 2 is 1.94 bits per heavy atom. The average molecular weight is 247 g/mol. The minimum atomic E-state index is 0.0690. The summed E-state index contributed by atoms with van der Waals surface area (Å²) in [5.74, 6) is 0. The molecule has 1 atom stereocenters. The van der Waals surface area contributed by atoms with E-state index in [-0.39, 0.29) is 6.17 Å². The van der Waals surface area contributed by atoms with Gasteiger partial charge in [0.15, 0.2) is 0 Å². The number of aromatic amines is 1. The first-order chi connectivity index (χ1) is 8.59. The Morgan fingerprint density at radius 3 is 2.56 bits per heavy atom. The van der Waals surface area contributed by atoms with Gasteiger partial charge in [-0.2, -0.15) is 0 Å². The van der Waals surface area contributed by atoms with Crippen LogP contribution in [0.3, 0.4) is 0 Å². The van der Waals surface area contributed by atoms with E-state index in [0.717, 1.165) is 6.42 Å². The van der Waals surface area contributed by atoms with Crippen LogP contribution in [0.4, 0.5) is 0 Å². The second-order valence-electron chi connectivity index (χ2n) is 4.55. The van der Waals surface area contributed by atoms with Gasteiger partial charge in [0.1, 0.15) is 0 Å². The van der Waals surface area contributed by atoms with Gasteiger partial charge in [0.2, 0.25) is 0 Å². The van der Waals surface area contributed by atoms with Crippen molar-refractivity contribution in [2.45, 2.75) is 33.4 Å². The van der Waals surface area contributed by atoms with Gasteiger partial charge < -0.3 is 10.7 Å². The van der Waals surface area contributed by atoms with Crippen LogP contribution in [0, 0.1) is 6.92 Å². The molecule has 100 valence electrons. The van der Waals surface area contributed by atoms with Crippen LogP contribution < -0.4 is 5.73 Å². The molecule has 0 fully saturated rings. The third-order valence-corrected chi connectivity index (χ3v) is 3.10. The van der Waals surface area contributed by atoms with E-state index in [1.165, 1.54) is 22.0 Å². The number of aryl methyl sites for hydroxylation is 1. The number of hydrogen-bond donors (Lipinski definition) is 2. The summed E-state index contributed by atoms with van der Waals surface area (Å²) in [4.78, 5) is 5.36. The highest BCUT2D eigenvalue weighted by molar-refractivity contribution is 5.85. The number of para-hydroxylation sites is 1. The SMILES string of the molecule is CC.Cc1cccc2c(CC(N)N(C)C)c[nH]c12. The summed E-state index contributed by atoms with van der Waals surface area (Å²) in [5.41, 5.74) is 9.85. The fourth-order valence-corrected chi connectivity index (χ4v) is 1.94. The molecule has 1 unspecified atom stereocenters. The maximum atomic E-state index is 6.05. The van der Waals surface area contributed by atoms with Gasteiger partial charge in [0, 0.05) is 23.5 Å². The highest BCUT2D eigenvalue weighted by atomic mass is 15.2. The number of benzene rings is 1. The number of likely N-dealkylation sites (N-methyl/N-ethyl adjacent to an activating group) is 1. The maximum Gasteiger partial charge on any atom is 0.0608 e. The Labute approximate surface area is 110 Å². The molecule has 0 aliphatic heterocycles. The van der Waals surface area contributed by atoms with E-state index >= 15 is 0 Å². The molecule has 2 aromatic rings. The molecular weight excluding hydrogens is 222 g/mol. The van der Waals surface area contributed by atoms with Crippen LogP contribution in [-0.2, 0) is 6.42 Å². The van der Waals surface area contributed by atoms with Crippen molar-refractivity contribution in [3.05, 3.63) is 35.5 Å². The molecule has 1 aromatic heterocycles. The van der Waals surface area contributed by atoms with Crippen LogP contribution in [0.5, 0.6) is 0 Å². The standard InChI is InChI=1S/C13H19N3.C2H6/c1-9-5-4-6-11-10(8-15-13(9)11)7-12(14)16(2)3;1-2/h4-6,8,12,15H,7,14H2,1-3H3;1-2H3. The van der Waals surface area contributed by atoms with Gasteiger partial charge in [-0.3, -0.25) is 4.90 Å². The fraction of sp³-hybridized carbons (Fsp3) is 0.467. The Hall–Kier alpha value is -1.32. The molecule has 0 amide bonds. The number of nitrogens with two attached hydrogens (primary N) is 1. The highest BCUT2D eigenvalue weighted by Gasteiger charge is 2.10. The van der Waals surface area contributed by atoms with E-state index in [1.807, 2.05) is 32.8 Å². The van der Waals surface area contributed by atoms with Crippen LogP contribution in [0.1, 0.15) is 25.0 Å². The first-order valence-corrected chi connectivity index (χ1v) is 6.57. The van der Waals surface area contributed by atoms with Crippen molar-refractivity contribution in [1.29, 1.82) is 0 Å². The molecule has 0 saturated heterocycles. The summed E-state index contributed by atoms with van der Waals surface area (Å²) < 4.78 is 0. The van der Waals surface area contributed by atoms with Crippen molar-refractivity contribution in [3.63, 3.8) is 0 Å². The number of rotatable bonds is 3. The summed E-state index contributed by atoms with van der Waals surface area (Å²) >= 11 is 0. The lowest BCUT2D eigenvalue weighted by Gasteiger charge is -2.19.